The highest BCUT2D eigenvalue weighted by Crippen LogP contribution is 2.10. The number of amides is 1. The molecule has 1 amide bonds. The molecule has 0 aromatic carbocycles. The summed E-state index contributed by atoms with van der Waals surface area (Å²) in [4.78, 5) is 21.6. The van der Waals surface area contributed by atoms with Crippen molar-refractivity contribution in [2.45, 2.75) is 6.54 Å². The first-order chi connectivity index (χ1) is 9.08. The van der Waals surface area contributed by atoms with Crippen LogP contribution in [0.1, 0.15) is 16.3 Å². The van der Waals surface area contributed by atoms with Gasteiger partial charge in [-0.05, 0) is 12.1 Å². The smallest absolute Gasteiger partial charge is 0.272 e. The van der Waals surface area contributed by atoms with Crippen molar-refractivity contribution in [1.29, 1.82) is 0 Å². The van der Waals surface area contributed by atoms with Crippen LogP contribution in [0.2, 0.25) is 0 Å². The number of carbonyl (C=O) groups is 1. The van der Waals surface area contributed by atoms with Crippen LogP contribution in [-0.2, 0) is 13.6 Å². The SMILES string of the molecule is CN(C)C(=O)c1cc(NCc2nccn2C)ccn1. The molecule has 6 nitrogen and oxygen atoms in total. The topological polar surface area (TPSA) is 63.1 Å². The molecule has 100 valence electrons. The van der Waals surface area contributed by atoms with Gasteiger partial charge in [0.1, 0.15) is 11.5 Å². The Labute approximate surface area is 112 Å². The van der Waals surface area contributed by atoms with Crippen molar-refractivity contribution in [3.8, 4) is 0 Å². The Morgan fingerprint density at radius 1 is 1.37 bits per heavy atom. The van der Waals surface area contributed by atoms with Crippen molar-refractivity contribution in [1.82, 2.24) is 19.4 Å². The van der Waals surface area contributed by atoms with E-state index in [4.69, 9.17) is 0 Å². The summed E-state index contributed by atoms with van der Waals surface area (Å²) >= 11 is 0. The lowest BCUT2D eigenvalue weighted by Gasteiger charge is -2.11. The van der Waals surface area contributed by atoms with Gasteiger partial charge in [-0.25, -0.2) is 4.98 Å². The van der Waals surface area contributed by atoms with E-state index in [-0.39, 0.29) is 5.91 Å². The van der Waals surface area contributed by atoms with E-state index in [2.05, 4.69) is 15.3 Å². The van der Waals surface area contributed by atoms with Crippen LogP contribution >= 0.6 is 0 Å². The van der Waals surface area contributed by atoms with Gasteiger partial charge in [-0.3, -0.25) is 9.78 Å². The Balaban J connectivity index is 2.07. The minimum absolute atomic E-state index is 0.111. The highest BCUT2D eigenvalue weighted by Gasteiger charge is 2.09. The summed E-state index contributed by atoms with van der Waals surface area (Å²) in [5, 5.41) is 3.23. The fraction of sp³-hybridized carbons (Fsp3) is 0.308. The van der Waals surface area contributed by atoms with Gasteiger partial charge in [-0.2, -0.15) is 0 Å². The quantitative estimate of drug-likeness (QED) is 0.894. The lowest BCUT2D eigenvalue weighted by atomic mass is 10.3. The van der Waals surface area contributed by atoms with Crippen molar-refractivity contribution in [3.05, 3.63) is 42.2 Å². The van der Waals surface area contributed by atoms with Crippen LogP contribution in [0.4, 0.5) is 5.69 Å². The second-order valence-electron chi connectivity index (χ2n) is 4.44. The van der Waals surface area contributed by atoms with E-state index in [1.54, 1.807) is 32.6 Å². The molecule has 0 saturated carbocycles. The van der Waals surface area contributed by atoms with Crippen LogP contribution in [0.3, 0.4) is 0 Å². The molecule has 2 aromatic heterocycles. The summed E-state index contributed by atoms with van der Waals surface area (Å²) in [5.41, 5.74) is 1.28. The second-order valence-corrected chi connectivity index (χ2v) is 4.44. The van der Waals surface area contributed by atoms with E-state index >= 15 is 0 Å². The van der Waals surface area contributed by atoms with Crippen LogP contribution in [0, 0.1) is 0 Å². The maximum atomic E-state index is 11.8. The predicted molar refractivity (Wildman–Crippen MR) is 72.8 cm³/mol. The van der Waals surface area contributed by atoms with Crippen molar-refractivity contribution in [3.63, 3.8) is 0 Å². The van der Waals surface area contributed by atoms with Gasteiger partial charge < -0.3 is 14.8 Å². The molecule has 2 heterocycles. The summed E-state index contributed by atoms with van der Waals surface area (Å²) in [6.45, 7) is 0.600. The molecular formula is C13H17N5O. The molecule has 0 atom stereocenters. The van der Waals surface area contributed by atoms with Crippen molar-refractivity contribution >= 4 is 11.6 Å². The number of hydrogen-bond donors (Lipinski definition) is 1. The molecule has 0 aliphatic heterocycles. The number of pyridine rings is 1. The predicted octanol–water partition coefficient (Wildman–Crippen LogP) is 1.13. The molecule has 0 spiro atoms. The minimum Gasteiger partial charge on any atom is -0.378 e. The third kappa shape index (κ3) is 3.09. The molecule has 19 heavy (non-hydrogen) atoms. The second kappa shape index (κ2) is 5.51. The van der Waals surface area contributed by atoms with Crippen LogP contribution in [-0.4, -0.2) is 39.4 Å². The van der Waals surface area contributed by atoms with Crippen molar-refractivity contribution in [2.24, 2.45) is 7.05 Å². The first kappa shape index (κ1) is 13.1. The number of nitrogens with zero attached hydrogens (tertiary/aromatic N) is 4. The Kier molecular flexibility index (Phi) is 3.79. The lowest BCUT2D eigenvalue weighted by molar-refractivity contribution is 0.0822. The minimum atomic E-state index is -0.111. The molecule has 0 fully saturated rings. The Hall–Kier alpha value is -2.37. The van der Waals surface area contributed by atoms with Gasteiger partial charge in [0.15, 0.2) is 0 Å². The highest BCUT2D eigenvalue weighted by molar-refractivity contribution is 5.92. The maximum Gasteiger partial charge on any atom is 0.272 e. The number of anilines is 1. The zero-order valence-electron chi connectivity index (χ0n) is 11.3. The fourth-order valence-electron chi connectivity index (χ4n) is 1.63. The number of nitrogens with one attached hydrogen (secondary N) is 1. The number of carbonyl (C=O) groups excluding carboxylic acids is 1. The first-order valence-corrected chi connectivity index (χ1v) is 5.95. The van der Waals surface area contributed by atoms with Gasteiger partial charge >= 0.3 is 0 Å². The van der Waals surface area contributed by atoms with Gasteiger partial charge in [0, 0.05) is 45.4 Å². The molecule has 0 radical (unpaired) electrons. The van der Waals surface area contributed by atoms with Crippen molar-refractivity contribution in [2.75, 3.05) is 19.4 Å². The fourth-order valence-corrected chi connectivity index (χ4v) is 1.63. The van der Waals surface area contributed by atoms with E-state index in [9.17, 15) is 4.79 Å². The normalized spacial score (nSPS) is 10.3. The van der Waals surface area contributed by atoms with Crippen LogP contribution in [0.5, 0.6) is 0 Å². The molecule has 0 saturated heterocycles. The zero-order valence-corrected chi connectivity index (χ0v) is 11.3. The first-order valence-electron chi connectivity index (χ1n) is 5.95. The summed E-state index contributed by atoms with van der Waals surface area (Å²) in [6.07, 6.45) is 5.27. The van der Waals surface area contributed by atoms with Crippen LogP contribution in [0.15, 0.2) is 30.7 Å². The van der Waals surface area contributed by atoms with E-state index < -0.39 is 0 Å². The average molecular weight is 259 g/mol. The largest absolute Gasteiger partial charge is 0.378 e. The number of aromatic nitrogens is 3. The summed E-state index contributed by atoms with van der Waals surface area (Å²) in [7, 11) is 5.35. The molecule has 2 aromatic rings. The van der Waals surface area contributed by atoms with E-state index in [1.165, 1.54) is 4.90 Å². The standard InChI is InChI=1S/C13H17N5O/c1-17(2)13(19)11-8-10(4-5-14-11)16-9-12-15-6-7-18(12)3/h4-8H,9H2,1-3H3,(H,14,16). The van der Waals surface area contributed by atoms with Gasteiger partial charge in [0.2, 0.25) is 0 Å². The van der Waals surface area contributed by atoms with Gasteiger partial charge in [0.05, 0.1) is 6.54 Å². The number of imidazole rings is 1. The van der Waals surface area contributed by atoms with E-state index in [0.717, 1.165) is 11.5 Å². The summed E-state index contributed by atoms with van der Waals surface area (Å²) in [6, 6.07) is 3.57. The summed E-state index contributed by atoms with van der Waals surface area (Å²) in [5.74, 6) is 0.818. The monoisotopic (exact) mass is 259 g/mol. The number of rotatable bonds is 4. The van der Waals surface area contributed by atoms with E-state index in [0.29, 0.717) is 12.2 Å². The van der Waals surface area contributed by atoms with Gasteiger partial charge in [-0.1, -0.05) is 0 Å². The molecule has 0 unspecified atom stereocenters. The lowest BCUT2D eigenvalue weighted by Crippen LogP contribution is -2.22. The van der Waals surface area contributed by atoms with Gasteiger partial charge in [0.25, 0.3) is 5.91 Å². The third-order valence-electron chi connectivity index (χ3n) is 2.76. The Morgan fingerprint density at radius 3 is 2.79 bits per heavy atom. The maximum absolute atomic E-state index is 11.8. The highest BCUT2D eigenvalue weighted by atomic mass is 16.2. The molecule has 0 aliphatic carbocycles. The third-order valence-corrected chi connectivity index (χ3v) is 2.76. The van der Waals surface area contributed by atoms with Gasteiger partial charge in [-0.15, -0.1) is 0 Å². The number of aryl methyl sites for hydroxylation is 1. The molecule has 2 rings (SSSR count). The molecule has 0 bridgehead atoms. The van der Waals surface area contributed by atoms with Crippen LogP contribution in [0.25, 0.3) is 0 Å². The molecule has 0 aliphatic rings. The van der Waals surface area contributed by atoms with E-state index in [1.807, 2.05) is 23.9 Å². The average Bonchev–Trinajstić information content (AvgIpc) is 2.81. The van der Waals surface area contributed by atoms with Crippen LogP contribution < -0.4 is 5.32 Å². The Morgan fingerprint density at radius 2 is 2.16 bits per heavy atom. The number of hydrogen-bond acceptors (Lipinski definition) is 4. The molecular weight excluding hydrogens is 242 g/mol. The zero-order chi connectivity index (χ0) is 13.8. The molecule has 6 heteroatoms. The molecule has 1 N–H and O–H groups in total. The van der Waals surface area contributed by atoms with Crippen molar-refractivity contribution < 1.29 is 4.79 Å². The summed E-state index contributed by atoms with van der Waals surface area (Å²) < 4.78 is 1.94. The Bertz CT molecular complexity index is 576.